The molecule has 4 rings (SSSR count). The smallest absolute Gasteiger partial charge is 0.165 e. The van der Waals surface area contributed by atoms with Crippen molar-refractivity contribution in [1.82, 2.24) is 14.6 Å². The van der Waals surface area contributed by atoms with Gasteiger partial charge in [-0.25, -0.2) is 4.98 Å². The summed E-state index contributed by atoms with van der Waals surface area (Å²) in [7, 11) is 0. The van der Waals surface area contributed by atoms with Gasteiger partial charge in [0.1, 0.15) is 5.82 Å². The van der Waals surface area contributed by atoms with Crippen LogP contribution in [0.25, 0.3) is 16.8 Å². The Morgan fingerprint density at radius 1 is 0.966 bits per heavy atom. The molecule has 154 valence electrons. The Balaban J connectivity index is 2.05. The van der Waals surface area contributed by atoms with Crippen LogP contribution in [0.1, 0.15) is 67.3 Å². The number of hydrogen-bond acceptors (Lipinski definition) is 3. The zero-order valence-corrected chi connectivity index (χ0v) is 19.1. The molecule has 0 saturated carbocycles. The van der Waals surface area contributed by atoms with Crippen molar-refractivity contribution in [3.63, 3.8) is 0 Å². The van der Waals surface area contributed by atoms with Gasteiger partial charge in [0, 0.05) is 23.8 Å². The van der Waals surface area contributed by atoms with E-state index in [4.69, 9.17) is 10.1 Å². The van der Waals surface area contributed by atoms with E-state index in [-0.39, 0.29) is 0 Å². The molecule has 1 aromatic carbocycles. The van der Waals surface area contributed by atoms with E-state index in [1.807, 2.05) is 0 Å². The molecule has 0 radical (unpaired) electrons. The molecule has 0 amide bonds. The van der Waals surface area contributed by atoms with Gasteiger partial charge >= 0.3 is 0 Å². The lowest BCUT2D eigenvalue weighted by Crippen LogP contribution is -2.34. The summed E-state index contributed by atoms with van der Waals surface area (Å²) in [6.07, 6.45) is 4.29. The average molecular weight is 391 g/mol. The number of nitrogens with zero attached hydrogens (tertiary/aromatic N) is 4. The van der Waals surface area contributed by atoms with E-state index in [0.29, 0.717) is 6.04 Å². The van der Waals surface area contributed by atoms with E-state index in [1.165, 1.54) is 39.2 Å². The summed E-state index contributed by atoms with van der Waals surface area (Å²) in [6.45, 7) is 16.6. The average Bonchev–Trinajstić information content (AvgIpc) is 3.25. The maximum atomic E-state index is 5.14. The third-order valence-corrected chi connectivity index (χ3v) is 6.63. The molecule has 3 aromatic rings. The van der Waals surface area contributed by atoms with Gasteiger partial charge in [-0.2, -0.15) is 9.61 Å². The molecular formula is C25H34N4. The van der Waals surface area contributed by atoms with Gasteiger partial charge < -0.3 is 4.90 Å². The van der Waals surface area contributed by atoms with Gasteiger partial charge in [0.25, 0.3) is 0 Å². The first-order valence-electron chi connectivity index (χ1n) is 11.2. The molecular weight excluding hydrogens is 356 g/mol. The van der Waals surface area contributed by atoms with E-state index in [0.717, 1.165) is 49.3 Å². The largest absolute Gasteiger partial charge is 0.353 e. The first kappa shape index (κ1) is 19.9. The third kappa shape index (κ3) is 3.04. The molecule has 1 aliphatic rings. The van der Waals surface area contributed by atoms with Gasteiger partial charge in [0.15, 0.2) is 5.65 Å². The van der Waals surface area contributed by atoms with Crippen molar-refractivity contribution >= 4 is 11.5 Å². The lowest BCUT2D eigenvalue weighted by atomic mass is 9.93. The Morgan fingerprint density at radius 2 is 1.62 bits per heavy atom. The summed E-state index contributed by atoms with van der Waals surface area (Å²) >= 11 is 0. The topological polar surface area (TPSA) is 33.4 Å². The Morgan fingerprint density at radius 3 is 2.21 bits per heavy atom. The molecule has 0 N–H and O–H groups in total. The number of fused-ring (bicyclic) bond motifs is 3. The highest BCUT2D eigenvalue weighted by atomic mass is 15.4. The van der Waals surface area contributed by atoms with E-state index < -0.39 is 0 Å². The van der Waals surface area contributed by atoms with Crippen molar-refractivity contribution in [2.75, 3.05) is 11.4 Å². The number of hydrogen-bond donors (Lipinski definition) is 0. The molecule has 0 aliphatic carbocycles. The van der Waals surface area contributed by atoms with Crippen molar-refractivity contribution in [3.05, 3.63) is 45.8 Å². The summed E-state index contributed by atoms with van der Waals surface area (Å²) < 4.78 is 2.17. The fraction of sp³-hybridized carbons (Fsp3) is 0.520. The second-order valence-electron chi connectivity index (χ2n) is 8.60. The van der Waals surface area contributed by atoms with Crippen LogP contribution >= 0.6 is 0 Å². The number of benzene rings is 1. The zero-order chi connectivity index (χ0) is 20.9. The fourth-order valence-electron chi connectivity index (χ4n) is 5.31. The highest BCUT2D eigenvalue weighted by molar-refractivity contribution is 5.85. The molecule has 0 unspecified atom stereocenters. The molecule has 0 saturated heterocycles. The fourth-order valence-corrected chi connectivity index (χ4v) is 5.31. The Bertz CT molecular complexity index is 1050. The summed E-state index contributed by atoms with van der Waals surface area (Å²) in [6, 6.07) is 5.12. The van der Waals surface area contributed by atoms with Crippen molar-refractivity contribution in [1.29, 1.82) is 0 Å². The molecule has 0 bridgehead atoms. The van der Waals surface area contributed by atoms with Gasteiger partial charge in [-0.05, 0) is 70.1 Å². The number of aryl methyl sites for hydroxylation is 5. The Kier molecular flexibility index (Phi) is 5.14. The lowest BCUT2D eigenvalue weighted by Gasteiger charge is -2.28. The van der Waals surface area contributed by atoms with Crippen LogP contribution in [-0.2, 0) is 12.8 Å². The quantitative estimate of drug-likeness (QED) is 0.557. The van der Waals surface area contributed by atoms with Crippen LogP contribution in [0.3, 0.4) is 0 Å². The van der Waals surface area contributed by atoms with Crippen LogP contribution in [0, 0.1) is 27.7 Å². The molecule has 29 heavy (non-hydrogen) atoms. The van der Waals surface area contributed by atoms with Crippen molar-refractivity contribution in [3.8, 4) is 11.1 Å². The maximum absolute atomic E-state index is 5.14. The van der Waals surface area contributed by atoms with Gasteiger partial charge in [0.05, 0.1) is 11.3 Å². The monoisotopic (exact) mass is 390 g/mol. The van der Waals surface area contributed by atoms with Gasteiger partial charge in [0.2, 0.25) is 0 Å². The van der Waals surface area contributed by atoms with E-state index in [2.05, 4.69) is 70.0 Å². The van der Waals surface area contributed by atoms with Crippen LogP contribution < -0.4 is 4.90 Å². The summed E-state index contributed by atoms with van der Waals surface area (Å²) in [5, 5.41) is 5.14. The first-order valence-corrected chi connectivity index (χ1v) is 11.2. The number of anilines is 1. The molecule has 0 spiro atoms. The minimum Gasteiger partial charge on any atom is -0.353 e. The minimum atomic E-state index is 0.557. The molecule has 0 fully saturated rings. The summed E-state index contributed by atoms with van der Waals surface area (Å²) in [4.78, 5) is 7.70. The minimum absolute atomic E-state index is 0.557. The maximum Gasteiger partial charge on any atom is 0.165 e. The van der Waals surface area contributed by atoms with E-state index >= 15 is 0 Å². The normalized spacial score (nSPS) is 13.7. The Labute approximate surface area is 175 Å². The van der Waals surface area contributed by atoms with Crippen LogP contribution in [0.5, 0.6) is 0 Å². The van der Waals surface area contributed by atoms with E-state index in [1.54, 1.807) is 0 Å². The van der Waals surface area contributed by atoms with Crippen molar-refractivity contribution in [2.24, 2.45) is 0 Å². The second kappa shape index (κ2) is 7.47. The van der Waals surface area contributed by atoms with Crippen LogP contribution in [-0.4, -0.2) is 27.2 Å². The molecule has 3 heterocycles. The summed E-state index contributed by atoms with van der Waals surface area (Å²) in [5.41, 5.74) is 11.2. The van der Waals surface area contributed by atoms with Crippen molar-refractivity contribution in [2.45, 2.75) is 80.2 Å². The van der Waals surface area contributed by atoms with Gasteiger partial charge in [-0.3, -0.25) is 0 Å². The highest BCUT2D eigenvalue weighted by Gasteiger charge is 2.31. The van der Waals surface area contributed by atoms with Crippen LogP contribution in [0.2, 0.25) is 0 Å². The third-order valence-electron chi connectivity index (χ3n) is 6.63. The predicted octanol–water partition coefficient (Wildman–Crippen LogP) is 5.74. The zero-order valence-electron chi connectivity index (χ0n) is 19.1. The highest BCUT2D eigenvalue weighted by Crippen LogP contribution is 2.39. The van der Waals surface area contributed by atoms with Gasteiger partial charge in [-0.15, -0.1) is 0 Å². The number of aromatic nitrogens is 3. The second-order valence-corrected chi connectivity index (χ2v) is 8.60. The molecule has 4 nitrogen and oxygen atoms in total. The Hall–Kier alpha value is -2.36. The predicted molar refractivity (Wildman–Crippen MR) is 122 cm³/mol. The lowest BCUT2D eigenvalue weighted by molar-refractivity contribution is 0.562. The van der Waals surface area contributed by atoms with Crippen molar-refractivity contribution < 1.29 is 0 Å². The van der Waals surface area contributed by atoms with E-state index in [9.17, 15) is 0 Å². The molecule has 4 heteroatoms. The van der Waals surface area contributed by atoms with Crippen LogP contribution in [0.15, 0.2) is 12.1 Å². The van der Waals surface area contributed by atoms with Crippen LogP contribution in [0.4, 0.5) is 5.82 Å². The SMILES string of the molecule is CCc1nn2c3c(c(C)nc2c1-c1c(C)cc(C)cc1C)CCN3C(CC)CC. The number of rotatable bonds is 5. The summed E-state index contributed by atoms with van der Waals surface area (Å²) in [5.74, 6) is 1.28. The standard InChI is InChI=1S/C25H34N4/c1-8-19(9-2)28-12-11-20-18(7)26-24-23(21(10-3)27-29(24)25(20)28)22-16(5)13-15(4)14-17(22)6/h13-14,19H,8-12H2,1-7H3. The molecule has 2 aromatic heterocycles. The first-order chi connectivity index (χ1) is 13.9. The molecule has 1 aliphatic heterocycles. The van der Waals surface area contributed by atoms with Gasteiger partial charge in [-0.1, -0.05) is 38.5 Å². The molecule has 0 atom stereocenters.